The number of fused-ring (bicyclic) bond motifs is 1. The lowest BCUT2D eigenvalue weighted by atomic mass is 9.97. The number of carbonyl (C=O) groups is 1. The molecule has 28 heavy (non-hydrogen) atoms. The minimum absolute atomic E-state index is 0.208. The van der Waals surface area contributed by atoms with Crippen LogP contribution in [0.1, 0.15) is 50.6 Å². The van der Waals surface area contributed by atoms with Crippen LogP contribution in [-0.4, -0.2) is 63.9 Å². The molecule has 2 aromatic heterocycles. The summed E-state index contributed by atoms with van der Waals surface area (Å²) in [6.07, 6.45) is 13.0. The number of aromatic nitrogens is 2. The molecular weight excluding hydrogens is 350 g/mol. The second-order valence-electron chi connectivity index (χ2n) is 8.36. The van der Waals surface area contributed by atoms with Gasteiger partial charge in [0, 0.05) is 51.2 Å². The summed E-state index contributed by atoms with van der Waals surface area (Å²) in [4.78, 5) is 21.9. The number of hydrogen-bond donors (Lipinski definition) is 1. The van der Waals surface area contributed by atoms with Crippen LogP contribution in [0.4, 0.5) is 0 Å². The van der Waals surface area contributed by atoms with Crippen LogP contribution in [0.2, 0.25) is 0 Å². The molecular formula is C22H33N5O. The van der Waals surface area contributed by atoms with Gasteiger partial charge in [0.25, 0.3) is 0 Å². The average Bonchev–Trinajstić information content (AvgIpc) is 3.08. The molecule has 1 aliphatic heterocycles. The van der Waals surface area contributed by atoms with Gasteiger partial charge in [-0.3, -0.25) is 14.6 Å². The summed E-state index contributed by atoms with van der Waals surface area (Å²) >= 11 is 0. The summed E-state index contributed by atoms with van der Waals surface area (Å²) in [6, 6.07) is 6.48. The van der Waals surface area contributed by atoms with Crippen molar-refractivity contribution in [1.29, 1.82) is 0 Å². The Bertz CT molecular complexity index is 724. The normalized spacial score (nSPS) is 20.7. The lowest BCUT2D eigenvalue weighted by Crippen LogP contribution is -2.50. The maximum atomic E-state index is 12.5. The zero-order valence-electron chi connectivity index (χ0n) is 16.9. The minimum atomic E-state index is 0.208. The number of nitrogens with zero attached hydrogens (tertiary/aromatic N) is 4. The van der Waals surface area contributed by atoms with Crippen molar-refractivity contribution in [3.05, 3.63) is 36.3 Å². The standard InChI is InChI=1S/C22H33N5O/c28-22(24-19-8-4-2-1-3-5-9-19)18-26-14-12-25(13-15-26)16-20-17-27-11-7-6-10-21(27)23-20/h6-7,10-11,17,19H,1-5,8-9,12-16,18H2,(H,24,28). The summed E-state index contributed by atoms with van der Waals surface area (Å²) < 4.78 is 2.07. The predicted molar refractivity (Wildman–Crippen MR) is 111 cm³/mol. The highest BCUT2D eigenvalue weighted by molar-refractivity contribution is 5.78. The van der Waals surface area contributed by atoms with Crippen molar-refractivity contribution in [3.63, 3.8) is 0 Å². The molecule has 2 fully saturated rings. The van der Waals surface area contributed by atoms with Crippen molar-refractivity contribution in [2.45, 2.75) is 57.5 Å². The van der Waals surface area contributed by atoms with Crippen LogP contribution in [0.15, 0.2) is 30.6 Å². The van der Waals surface area contributed by atoms with E-state index in [0.29, 0.717) is 12.6 Å². The van der Waals surface area contributed by atoms with Gasteiger partial charge in [-0.2, -0.15) is 0 Å². The SMILES string of the molecule is O=C(CN1CCN(Cc2cn3ccccc3n2)CC1)NC1CCCCCCC1. The van der Waals surface area contributed by atoms with E-state index in [0.717, 1.165) is 56.9 Å². The largest absolute Gasteiger partial charge is 0.352 e. The highest BCUT2D eigenvalue weighted by atomic mass is 16.2. The molecule has 152 valence electrons. The second kappa shape index (κ2) is 9.52. The molecule has 1 amide bonds. The Hall–Kier alpha value is -1.92. The van der Waals surface area contributed by atoms with Crippen LogP contribution in [0.3, 0.4) is 0 Å². The Morgan fingerprint density at radius 3 is 2.46 bits per heavy atom. The van der Waals surface area contributed by atoms with E-state index in [-0.39, 0.29) is 5.91 Å². The highest BCUT2D eigenvalue weighted by Gasteiger charge is 2.21. The molecule has 6 heteroatoms. The molecule has 0 aromatic carbocycles. The molecule has 2 aliphatic rings. The van der Waals surface area contributed by atoms with Gasteiger partial charge in [-0.05, 0) is 25.0 Å². The molecule has 0 spiro atoms. The van der Waals surface area contributed by atoms with E-state index in [1.54, 1.807) is 0 Å². The first kappa shape index (κ1) is 19.4. The molecule has 1 saturated heterocycles. The molecule has 0 atom stereocenters. The van der Waals surface area contributed by atoms with Gasteiger partial charge in [-0.25, -0.2) is 4.98 Å². The molecule has 1 saturated carbocycles. The topological polar surface area (TPSA) is 52.9 Å². The van der Waals surface area contributed by atoms with Crippen molar-refractivity contribution in [3.8, 4) is 0 Å². The van der Waals surface area contributed by atoms with Crippen LogP contribution in [0.5, 0.6) is 0 Å². The van der Waals surface area contributed by atoms with E-state index in [4.69, 9.17) is 4.98 Å². The number of nitrogens with one attached hydrogen (secondary N) is 1. The minimum Gasteiger partial charge on any atom is -0.352 e. The average molecular weight is 384 g/mol. The first-order valence-corrected chi connectivity index (χ1v) is 10.9. The van der Waals surface area contributed by atoms with E-state index >= 15 is 0 Å². The zero-order valence-corrected chi connectivity index (χ0v) is 16.9. The Morgan fingerprint density at radius 2 is 1.71 bits per heavy atom. The quantitative estimate of drug-likeness (QED) is 0.863. The molecule has 0 unspecified atom stereocenters. The summed E-state index contributed by atoms with van der Waals surface area (Å²) in [6.45, 7) is 5.30. The summed E-state index contributed by atoms with van der Waals surface area (Å²) in [5.41, 5.74) is 2.11. The monoisotopic (exact) mass is 383 g/mol. The van der Waals surface area contributed by atoms with Crippen LogP contribution in [0.25, 0.3) is 5.65 Å². The zero-order chi connectivity index (χ0) is 19.2. The Kier molecular flexibility index (Phi) is 6.60. The Balaban J connectivity index is 1.20. The fourth-order valence-electron chi connectivity index (χ4n) is 4.47. The molecule has 1 aliphatic carbocycles. The smallest absolute Gasteiger partial charge is 0.234 e. The fraction of sp³-hybridized carbons (Fsp3) is 0.636. The van der Waals surface area contributed by atoms with Gasteiger partial charge < -0.3 is 9.72 Å². The summed E-state index contributed by atoms with van der Waals surface area (Å²) in [7, 11) is 0. The molecule has 6 nitrogen and oxygen atoms in total. The number of rotatable bonds is 5. The lowest BCUT2D eigenvalue weighted by molar-refractivity contribution is -0.123. The fourth-order valence-corrected chi connectivity index (χ4v) is 4.47. The van der Waals surface area contributed by atoms with Crippen molar-refractivity contribution >= 4 is 11.6 Å². The van der Waals surface area contributed by atoms with Gasteiger partial charge in [0.15, 0.2) is 0 Å². The van der Waals surface area contributed by atoms with E-state index < -0.39 is 0 Å². The first-order chi connectivity index (χ1) is 13.8. The number of pyridine rings is 1. The summed E-state index contributed by atoms with van der Waals surface area (Å²) in [5.74, 6) is 0.208. The third-order valence-corrected chi connectivity index (χ3v) is 6.10. The van der Waals surface area contributed by atoms with Crippen molar-refractivity contribution < 1.29 is 4.79 Å². The van der Waals surface area contributed by atoms with Gasteiger partial charge in [-0.15, -0.1) is 0 Å². The van der Waals surface area contributed by atoms with Crippen molar-refractivity contribution in [2.24, 2.45) is 0 Å². The molecule has 3 heterocycles. The van der Waals surface area contributed by atoms with E-state index in [1.807, 2.05) is 24.4 Å². The Labute approximate surface area is 167 Å². The van der Waals surface area contributed by atoms with Crippen molar-refractivity contribution in [2.75, 3.05) is 32.7 Å². The number of piperazine rings is 1. The third-order valence-electron chi connectivity index (χ3n) is 6.10. The Morgan fingerprint density at radius 1 is 1.00 bits per heavy atom. The molecule has 1 N–H and O–H groups in total. The van der Waals surface area contributed by atoms with Crippen LogP contribution < -0.4 is 5.32 Å². The highest BCUT2D eigenvalue weighted by Crippen LogP contribution is 2.17. The van der Waals surface area contributed by atoms with Crippen LogP contribution in [0, 0.1) is 0 Å². The molecule has 2 aromatic rings. The van der Waals surface area contributed by atoms with Gasteiger partial charge in [0.05, 0.1) is 12.2 Å². The molecule has 4 rings (SSSR count). The molecule has 0 radical (unpaired) electrons. The van der Waals surface area contributed by atoms with E-state index in [2.05, 4.69) is 25.7 Å². The number of carbonyl (C=O) groups excluding carboxylic acids is 1. The molecule has 0 bridgehead atoms. The van der Waals surface area contributed by atoms with Gasteiger partial charge in [-0.1, -0.05) is 38.2 Å². The number of imidazole rings is 1. The maximum Gasteiger partial charge on any atom is 0.234 e. The third kappa shape index (κ3) is 5.32. The van der Waals surface area contributed by atoms with Gasteiger partial charge in [0.1, 0.15) is 5.65 Å². The number of hydrogen-bond acceptors (Lipinski definition) is 4. The number of amides is 1. The second-order valence-corrected chi connectivity index (χ2v) is 8.36. The maximum absolute atomic E-state index is 12.5. The van der Waals surface area contributed by atoms with Crippen LogP contribution in [-0.2, 0) is 11.3 Å². The summed E-state index contributed by atoms with van der Waals surface area (Å²) in [5, 5.41) is 3.29. The first-order valence-electron chi connectivity index (χ1n) is 10.9. The lowest BCUT2D eigenvalue weighted by Gasteiger charge is -2.34. The van der Waals surface area contributed by atoms with Gasteiger partial charge >= 0.3 is 0 Å². The van der Waals surface area contributed by atoms with E-state index in [9.17, 15) is 4.79 Å². The van der Waals surface area contributed by atoms with Crippen molar-refractivity contribution in [1.82, 2.24) is 24.5 Å². The van der Waals surface area contributed by atoms with Crippen LogP contribution >= 0.6 is 0 Å². The predicted octanol–water partition coefficient (Wildman–Crippen LogP) is 2.68. The van der Waals surface area contributed by atoms with E-state index in [1.165, 1.54) is 32.1 Å². The van der Waals surface area contributed by atoms with Gasteiger partial charge in [0.2, 0.25) is 5.91 Å².